The average Bonchev–Trinajstić information content (AvgIpc) is 3.46. The fraction of sp³-hybridized carbons (Fsp3) is 0.481. The van der Waals surface area contributed by atoms with Crippen LogP contribution in [-0.2, 0) is 17.8 Å². The molecule has 0 spiro atoms. The third-order valence-corrected chi connectivity index (χ3v) is 6.30. The van der Waals surface area contributed by atoms with E-state index in [2.05, 4.69) is 11.4 Å². The highest BCUT2D eigenvalue weighted by Crippen LogP contribution is 2.48. The molecular weight excluding hydrogens is 430 g/mol. The predicted octanol–water partition coefficient (Wildman–Crippen LogP) is 4.01. The Morgan fingerprint density at radius 3 is 2.50 bits per heavy atom. The SMILES string of the molecule is CC(C)(C)OC(=O)NC(Cc1ccc(OCc2ccccc2)cc1)C(O)N1C(C#N)C[C@H]2CC21. The average molecular weight is 464 g/mol. The van der Waals surface area contributed by atoms with E-state index in [9.17, 15) is 15.2 Å². The van der Waals surface area contributed by atoms with Crippen LogP contribution in [-0.4, -0.2) is 46.1 Å². The molecule has 4 rings (SSSR count). The van der Waals surface area contributed by atoms with Gasteiger partial charge in [-0.25, -0.2) is 4.79 Å². The first kappa shape index (κ1) is 24.1. The zero-order valence-electron chi connectivity index (χ0n) is 20.0. The topological polar surface area (TPSA) is 94.8 Å². The Morgan fingerprint density at radius 2 is 1.85 bits per heavy atom. The number of nitrogens with one attached hydrogen (secondary N) is 1. The van der Waals surface area contributed by atoms with E-state index in [1.807, 2.05) is 59.5 Å². The first-order valence-electron chi connectivity index (χ1n) is 11.8. The van der Waals surface area contributed by atoms with Crippen molar-refractivity contribution >= 4 is 6.09 Å². The minimum absolute atomic E-state index is 0.205. The van der Waals surface area contributed by atoms with Crippen LogP contribution in [0.2, 0.25) is 0 Å². The van der Waals surface area contributed by atoms with E-state index >= 15 is 0 Å². The molecule has 7 heteroatoms. The lowest BCUT2D eigenvalue weighted by Gasteiger charge is -2.34. The smallest absolute Gasteiger partial charge is 0.408 e. The minimum atomic E-state index is -0.983. The van der Waals surface area contributed by atoms with Gasteiger partial charge in [0.15, 0.2) is 0 Å². The molecule has 7 nitrogen and oxygen atoms in total. The zero-order valence-corrected chi connectivity index (χ0v) is 20.0. The lowest BCUT2D eigenvalue weighted by Crippen LogP contribution is -2.55. The van der Waals surface area contributed by atoms with Gasteiger partial charge in [-0.05, 0) is 69.2 Å². The Bertz CT molecular complexity index is 1010. The van der Waals surface area contributed by atoms with Gasteiger partial charge in [0.25, 0.3) is 0 Å². The lowest BCUT2D eigenvalue weighted by atomic mass is 10.0. The summed E-state index contributed by atoms with van der Waals surface area (Å²) >= 11 is 0. The number of benzene rings is 2. The van der Waals surface area contributed by atoms with Crippen LogP contribution >= 0.6 is 0 Å². The number of rotatable bonds is 8. The number of nitriles is 1. The summed E-state index contributed by atoms with van der Waals surface area (Å²) in [5, 5.41) is 23.7. The first-order valence-corrected chi connectivity index (χ1v) is 11.8. The second-order valence-corrected chi connectivity index (χ2v) is 10.2. The summed E-state index contributed by atoms with van der Waals surface area (Å²) in [7, 11) is 0. The predicted molar refractivity (Wildman–Crippen MR) is 128 cm³/mol. The minimum Gasteiger partial charge on any atom is -0.489 e. The third kappa shape index (κ3) is 6.07. The van der Waals surface area contributed by atoms with E-state index in [1.165, 1.54) is 0 Å². The molecule has 1 saturated heterocycles. The van der Waals surface area contributed by atoms with Crippen molar-refractivity contribution in [2.75, 3.05) is 0 Å². The molecule has 1 aliphatic carbocycles. The Morgan fingerprint density at radius 1 is 1.15 bits per heavy atom. The number of fused-ring (bicyclic) bond motifs is 1. The van der Waals surface area contributed by atoms with Gasteiger partial charge in [0.2, 0.25) is 0 Å². The quantitative estimate of drug-likeness (QED) is 0.614. The second-order valence-electron chi connectivity index (χ2n) is 10.2. The molecule has 2 aliphatic rings. The van der Waals surface area contributed by atoms with E-state index < -0.39 is 24.0 Å². The number of likely N-dealkylation sites (tertiary alicyclic amines) is 1. The van der Waals surface area contributed by atoms with Crippen molar-refractivity contribution in [1.82, 2.24) is 10.2 Å². The highest BCUT2D eigenvalue weighted by atomic mass is 16.6. The Hall–Kier alpha value is -3.08. The van der Waals surface area contributed by atoms with Gasteiger partial charge < -0.3 is 19.9 Å². The number of aliphatic hydroxyl groups excluding tert-OH is 1. The van der Waals surface area contributed by atoms with Gasteiger partial charge in [-0.15, -0.1) is 0 Å². The van der Waals surface area contributed by atoms with E-state index in [-0.39, 0.29) is 12.1 Å². The fourth-order valence-corrected chi connectivity index (χ4v) is 4.60. The van der Waals surface area contributed by atoms with Crippen LogP contribution in [0.25, 0.3) is 0 Å². The first-order chi connectivity index (χ1) is 16.2. The summed E-state index contributed by atoms with van der Waals surface area (Å²) in [5.74, 6) is 1.21. The Kier molecular flexibility index (Phi) is 7.11. The van der Waals surface area contributed by atoms with Gasteiger partial charge in [0.1, 0.15) is 30.2 Å². The summed E-state index contributed by atoms with van der Waals surface area (Å²) < 4.78 is 11.3. The van der Waals surface area contributed by atoms with Crippen molar-refractivity contribution in [2.45, 2.75) is 76.6 Å². The Balaban J connectivity index is 1.44. The van der Waals surface area contributed by atoms with E-state index in [0.29, 0.717) is 18.9 Å². The van der Waals surface area contributed by atoms with Crippen molar-refractivity contribution in [1.29, 1.82) is 5.26 Å². The number of hydrogen-bond acceptors (Lipinski definition) is 6. The van der Waals surface area contributed by atoms with Crippen molar-refractivity contribution in [3.63, 3.8) is 0 Å². The molecule has 1 amide bonds. The number of amides is 1. The molecule has 2 fully saturated rings. The van der Waals surface area contributed by atoms with Crippen molar-refractivity contribution in [3.05, 3.63) is 65.7 Å². The molecule has 1 saturated carbocycles. The summed E-state index contributed by atoms with van der Waals surface area (Å²) in [6, 6.07) is 19.1. The molecule has 1 aliphatic heterocycles. The van der Waals surface area contributed by atoms with Crippen LogP contribution < -0.4 is 10.1 Å². The monoisotopic (exact) mass is 463 g/mol. The summed E-state index contributed by atoms with van der Waals surface area (Å²) in [6.45, 7) is 5.88. The maximum atomic E-state index is 12.5. The number of alkyl carbamates (subject to hydrolysis) is 1. The number of carbonyl (C=O) groups is 1. The van der Waals surface area contributed by atoms with Crippen LogP contribution in [0.15, 0.2) is 54.6 Å². The molecule has 2 aromatic carbocycles. The lowest BCUT2D eigenvalue weighted by molar-refractivity contribution is -0.0362. The number of hydrogen-bond donors (Lipinski definition) is 2. The van der Waals surface area contributed by atoms with Gasteiger partial charge in [-0.3, -0.25) is 4.90 Å². The highest BCUT2D eigenvalue weighted by Gasteiger charge is 2.55. The van der Waals surface area contributed by atoms with Gasteiger partial charge >= 0.3 is 6.09 Å². The van der Waals surface area contributed by atoms with Crippen LogP contribution in [0.4, 0.5) is 4.79 Å². The van der Waals surface area contributed by atoms with E-state index in [0.717, 1.165) is 29.7 Å². The van der Waals surface area contributed by atoms with E-state index in [1.54, 1.807) is 20.8 Å². The number of nitrogens with zero attached hydrogens (tertiary/aromatic N) is 2. The maximum Gasteiger partial charge on any atom is 0.408 e. The molecule has 2 N–H and O–H groups in total. The molecule has 180 valence electrons. The van der Waals surface area contributed by atoms with Crippen LogP contribution in [0, 0.1) is 17.2 Å². The maximum absolute atomic E-state index is 12.5. The highest BCUT2D eigenvalue weighted by molar-refractivity contribution is 5.68. The molecule has 4 unspecified atom stereocenters. The second kappa shape index (κ2) is 10.0. The number of carbonyl (C=O) groups excluding carboxylic acids is 1. The summed E-state index contributed by atoms with van der Waals surface area (Å²) in [6.07, 6.45) is 0.584. The molecule has 5 atom stereocenters. The normalized spacial score (nSPS) is 23.3. The Labute approximate surface area is 201 Å². The fourth-order valence-electron chi connectivity index (χ4n) is 4.60. The third-order valence-electron chi connectivity index (χ3n) is 6.30. The van der Waals surface area contributed by atoms with Crippen LogP contribution in [0.1, 0.15) is 44.7 Å². The van der Waals surface area contributed by atoms with E-state index in [4.69, 9.17) is 9.47 Å². The van der Waals surface area contributed by atoms with Gasteiger partial charge in [-0.2, -0.15) is 5.26 Å². The summed E-state index contributed by atoms with van der Waals surface area (Å²) in [5.41, 5.74) is 1.38. The largest absolute Gasteiger partial charge is 0.489 e. The van der Waals surface area contributed by atoms with Crippen LogP contribution in [0.3, 0.4) is 0 Å². The molecule has 34 heavy (non-hydrogen) atoms. The van der Waals surface area contributed by atoms with Crippen molar-refractivity contribution in [2.24, 2.45) is 5.92 Å². The number of ether oxygens (including phenoxy) is 2. The number of piperidine rings is 1. The van der Waals surface area contributed by atoms with Gasteiger partial charge in [0.05, 0.1) is 12.1 Å². The molecule has 1 heterocycles. The zero-order chi connectivity index (χ0) is 24.3. The number of aliphatic hydroxyl groups is 1. The summed E-state index contributed by atoms with van der Waals surface area (Å²) in [4.78, 5) is 14.4. The molecular formula is C27H33N3O4. The van der Waals surface area contributed by atoms with Crippen LogP contribution in [0.5, 0.6) is 5.75 Å². The van der Waals surface area contributed by atoms with Crippen molar-refractivity contribution in [3.8, 4) is 11.8 Å². The molecule has 0 radical (unpaired) electrons. The standard InChI is InChI=1S/C27H33N3O4/c1-27(2,3)34-26(32)29-23(25(31)30-21(16-28)14-20-15-24(20)30)13-18-9-11-22(12-10-18)33-17-19-7-5-4-6-8-19/h4-12,20-21,23-25,31H,13-15,17H2,1-3H3,(H,29,32)/t20-,21?,23?,24?,25?/m0/s1. The molecule has 0 aromatic heterocycles. The van der Waals surface area contributed by atoms with Crippen molar-refractivity contribution < 1.29 is 19.4 Å². The van der Waals surface area contributed by atoms with Gasteiger partial charge in [-0.1, -0.05) is 42.5 Å². The molecule has 0 bridgehead atoms. The molecule has 2 aromatic rings. The van der Waals surface area contributed by atoms with Gasteiger partial charge in [0, 0.05) is 6.04 Å².